The number of fused-ring (bicyclic) bond motifs is 1. The van der Waals surface area contributed by atoms with Crippen LogP contribution in [-0.2, 0) is 11.3 Å². The van der Waals surface area contributed by atoms with Crippen LogP contribution in [0.3, 0.4) is 0 Å². The van der Waals surface area contributed by atoms with Crippen LogP contribution < -0.4 is 10.8 Å². The van der Waals surface area contributed by atoms with E-state index in [2.05, 4.69) is 21.6 Å². The van der Waals surface area contributed by atoms with Crippen molar-refractivity contribution >= 4 is 17.6 Å². The zero-order valence-corrected chi connectivity index (χ0v) is 13.0. The molecule has 1 amide bonds. The highest BCUT2D eigenvalue weighted by atomic mass is 16.5. The molecule has 0 saturated heterocycles. The number of unbranched alkanes of at least 4 members (excludes halogenated alkanes) is 1. The SMILES string of the molecule is CCCCNCc1c(C)nc2cc(C=CC(=O)NO)ccn12. The number of aryl methyl sites for hydroxylation is 1. The largest absolute Gasteiger partial charge is 0.311 e. The van der Waals surface area contributed by atoms with Crippen molar-refractivity contribution in [2.45, 2.75) is 33.2 Å². The summed E-state index contributed by atoms with van der Waals surface area (Å²) < 4.78 is 2.05. The fourth-order valence-electron chi connectivity index (χ4n) is 2.26. The van der Waals surface area contributed by atoms with Crippen LogP contribution in [0.15, 0.2) is 24.4 Å². The number of nitrogens with zero attached hydrogens (tertiary/aromatic N) is 2. The summed E-state index contributed by atoms with van der Waals surface area (Å²) in [6.07, 6.45) is 7.19. The van der Waals surface area contributed by atoms with Crippen LogP contribution in [0.2, 0.25) is 0 Å². The number of hydroxylamine groups is 1. The maximum absolute atomic E-state index is 11.0. The van der Waals surface area contributed by atoms with E-state index in [-0.39, 0.29) is 0 Å². The van der Waals surface area contributed by atoms with Crippen LogP contribution in [0.25, 0.3) is 11.7 Å². The molecule has 0 atom stereocenters. The molecular weight excluding hydrogens is 280 g/mol. The molecule has 0 unspecified atom stereocenters. The van der Waals surface area contributed by atoms with Crippen LogP contribution >= 0.6 is 0 Å². The first-order valence-corrected chi connectivity index (χ1v) is 7.46. The van der Waals surface area contributed by atoms with Crippen molar-refractivity contribution in [2.75, 3.05) is 6.54 Å². The Morgan fingerprint density at radius 3 is 3.05 bits per heavy atom. The number of hydrogen-bond donors (Lipinski definition) is 3. The van der Waals surface area contributed by atoms with Gasteiger partial charge in [0.2, 0.25) is 0 Å². The normalized spacial score (nSPS) is 11.4. The number of carbonyl (C=O) groups is 1. The van der Waals surface area contributed by atoms with Crippen LogP contribution in [-0.4, -0.2) is 27.0 Å². The molecule has 0 saturated carbocycles. The Morgan fingerprint density at radius 2 is 2.32 bits per heavy atom. The van der Waals surface area contributed by atoms with Gasteiger partial charge in [0.05, 0.1) is 11.4 Å². The maximum atomic E-state index is 11.0. The fraction of sp³-hybridized carbons (Fsp3) is 0.375. The zero-order valence-electron chi connectivity index (χ0n) is 13.0. The molecule has 0 fully saturated rings. The summed E-state index contributed by atoms with van der Waals surface area (Å²) in [4.78, 5) is 15.6. The van der Waals surface area contributed by atoms with E-state index in [1.807, 2.05) is 25.3 Å². The number of hydrogen-bond acceptors (Lipinski definition) is 4. The van der Waals surface area contributed by atoms with Gasteiger partial charge in [0.1, 0.15) is 5.65 Å². The van der Waals surface area contributed by atoms with Crippen LogP contribution in [0.4, 0.5) is 0 Å². The van der Waals surface area contributed by atoms with Crippen molar-refractivity contribution in [1.82, 2.24) is 20.2 Å². The zero-order chi connectivity index (χ0) is 15.9. The Kier molecular flexibility index (Phi) is 5.68. The Hall–Kier alpha value is -2.18. The number of carbonyl (C=O) groups excluding carboxylic acids is 1. The Labute approximate surface area is 129 Å². The molecule has 2 heterocycles. The lowest BCUT2D eigenvalue weighted by Gasteiger charge is -2.05. The van der Waals surface area contributed by atoms with Gasteiger partial charge in [-0.2, -0.15) is 0 Å². The van der Waals surface area contributed by atoms with E-state index in [0.717, 1.165) is 42.1 Å². The molecule has 6 nitrogen and oxygen atoms in total. The molecule has 3 N–H and O–H groups in total. The minimum absolute atomic E-state index is 0.555. The number of imidazole rings is 1. The number of nitrogens with one attached hydrogen (secondary N) is 2. The van der Waals surface area contributed by atoms with Crippen molar-refractivity contribution in [3.05, 3.63) is 41.4 Å². The fourth-order valence-corrected chi connectivity index (χ4v) is 2.26. The smallest absolute Gasteiger partial charge is 0.267 e. The van der Waals surface area contributed by atoms with Gasteiger partial charge in [0.25, 0.3) is 5.91 Å². The molecule has 0 spiro atoms. The molecule has 118 valence electrons. The lowest BCUT2D eigenvalue weighted by Crippen LogP contribution is -2.16. The van der Waals surface area contributed by atoms with E-state index in [1.54, 1.807) is 11.6 Å². The van der Waals surface area contributed by atoms with Crippen LogP contribution in [0.5, 0.6) is 0 Å². The second-order valence-corrected chi connectivity index (χ2v) is 5.17. The molecule has 0 aromatic carbocycles. The van der Waals surface area contributed by atoms with Crippen molar-refractivity contribution in [3.63, 3.8) is 0 Å². The van der Waals surface area contributed by atoms with Gasteiger partial charge in [-0.15, -0.1) is 0 Å². The van der Waals surface area contributed by atoms with E-state index in [4.69, 9.17) is 5.21 Å². The van der Waals surface area contributed by atoms with E-state index in [0.29, 0.717) is 0 Å². The summed E-state index contributed by atoms with van der Waals surface area (Å²) in [5.74, 6) is -0.555. The molecule has 6 heteroatoms. The molecule has 2 aromatic heterocycles. The quantitative estimate of drug-likeness (QED) is 0.316. The predicted molar refractivity (Wildman–Crippen MR) is 85.5 cm³/mol. The second kappa shape index (κ2) is 7.72. The first-order chi connectivity index (χ1) is 10.7. The topological polar surface area (TPSA) is 78.7 Å². The highest BCUT2D eigenvalue weighted by Crippen LogP contribution is 2.14. The van der Waals surface area contributed by atoms with Gasteiger partial charge in [-0.1, -0.05) is 13.3 Å². The van der Waals surface area contributed by atoms with Gasteiger partial charge in [0, 0.05) is 18.8 Å². The van der Waals surface area contributed by atoms with E-state index < -0.39 is 5.91 Å². The summed E-state index contributed by atoms with van der Waals surface area (Å²) in [5.41, 5.74) is 5.41. The standard InChI is InChI=1S/C16H22N4O2/c1-3-4-8-17-11-14-12(2)18-15-10-13(7-9-20(14)15)5-6-16(21)19-22/h5-7,9-10,17,22H,3-4,8,11H2,1-2H3,(H,19,21). The molecule has 0 radical (unpaired) electrons. The number of rotatable bonds is 7. The minimum atomic E-state index is -0.555. The van der Waals surface area contributed by atoms with Gasteiger partial charge in [-0.05, 0) is 43.7 Å². The molecule has 2 rings (SSSR count). The van der Waals surface area contributed by atoms with Gasteiger partial charge >= 0.3 is 0 Å². The third-order valence-electron chi connectivity index (χ3n) is 3.49. The Morgan fingerprint density at radius 1 is 1.50 bits per heavy atom. The average molecular weight is 302 g/mol. The van der Waals surface area contributed by atoms with E-state index >= 15 is 0 Å². The van der Waals surface area contributed by atoms with Crippen molar-refractivity contribution in [3.8, 4) is 0 Å². The van der Waals surface area contributed by atoms with Gasteiger partial charge < -0.3 is 9.72 Å². The minimum Gasteiger partial charge on any atom is -0.311 e. The van der Waals surface area contributed by atoms with Crippen LogP contribution in [0.1, 0.15) is 36.7 Å². The van der Waals surface area contributed by atoms with Crippen molar-refractivity contribution < 1.29 is 10.0 Å². The first-order valence-electron chi connectivity index (χ1n) is 7.46. The van der Waals surface area contributed by atoms with E-state index in [9.17, 15) is 4.79 Å². The molecule has 22 heavy (non-hydrogen) atoms. The Balaban J connectivity index is 2.17. The second-order valence-electron chi connectivity index (χ2n) is 5.17. The third kappa shape index (κ3) is 3.93. The highest BCUT2D eigenvalue weighted by molar-refractivity contribution is 5.90. The number of pyridine rings is 1. The summed E-state index contributed by atoms with van der Waals surface area (Å²) >= 11 is 0. The molecule has 0 aliphatic carbocycles. The lowest BCUT2D eigenvalue weighted by atomic mass is 10.2. The van der Waals surface area contributed by atoms with Gasteiger partial charge in [-0.25, -0.2) is 10.5 Å². The lowest BCUT2D eigenvalue weighted by molar-refractivity contribution is -0.124. The molecule has 2 aromatic rings. The van der Waals surface area contributed by atoms with Crippen molar-refractivity contribution in [2.24, 2.45) is 0 Å². The highest BCUT2D eigenvalue weighted by Gasteiger charge is 2.08. The average Bonchev–Trinajstić information content (AvgIpc) is 2.84. The van der Waals surface area contributed by atoms with Gasteiger partial charge in [0.15, 0.2) is 0 Å². The van der Waals surface area contributed by atoms with E-state index in [1.165, 1.54) is 12.5 Å². The third-order valence-corrected chi connectivity index (χ3v) is 3.49. The molecule has 0 bridgehead atoms. The maximum Gasteiger partial charge on any atom is 0.267 e. The van der Waals surface area contributed by atoms with Crippen molar-refractivity contribution in [1.29, 1.82) is 0 Å². The Bertz CT molecular complexity index is 676. The summed E-state index contributed by atoms with van der Waals surface area (Å²) in [5, 5.41) is 11.9. The summed E-state index contributed by atoms with van der Waals surface area (Å²) in [7, 11) is 0. The monoisotopic (exact) mass is 302 g/mol. The first kappa shape index (κ1) is 16.2. The summed E-state index contributed by atoms with van der Waals surface area (Å²) in [6, 6.07) is 3.81. The predicted octanol–water partition coefficient (Wildman–Crippen LogP) is 2.05. The molecule has 0 aliphatic rings. The van der Waals surface area contributed by atoms with Gasteiger partial charge in [-0.3, -0.25) is 10.0 Å². The molecule has 0 aliphatic heterocycles. The van der Waals surface area contributed by atoms with Crippen LogP contribution in [0, 0.1) is 6.92 Å². The number of aromatic nitrogens is 2. The molecular formula is C16H22N4O2. The summed E-state index contributed by atoms with van der Waals surface area (Å²) in [6.45, 7) is 5.96. The number of amides is 1.